The van der Waals surface area contributed by atoms with Crippen molar-refractivity contribution < 1.29 is 13.2 Å². The standard InChI is InChI=1S/C9H6ClF3IN/c10-8(5-9(11,12)13)15-7-4-2-1-3-6(7)14/h1-4H,5H2. The fraction of sp³-hybridized carbons (Fsp3) is 0.222. The van der Waals surface area contributed by atoms with Gasteiger partial charge in [-0.05, 0) is 34.7 Å². The number of nitrogens with zero attached hydrogens (tertiary/aromatic N) is 1. The summed E-state index contributed by atoms with van der Waals surface area (Å²) >= 11 is 7.38. The smallest absolute Gasteiger partial charge is 0.240 e. The molecule has 6 heteroatoms. The highest BCUT2D eigenvalue weighted by Gasteiger charge is 2.29. The van der Waals surface area contributed by atoms with Crippen LogP contribution in [0.3, 0.4) is 0 Å². The van der Waals surface area contributed by atoms with Gasteiger partial charge in [0, 0.05) is 3.57 Å². The molecule has 0 saturated carbocycles. The summed E-state index contributed by atoms with van der Waals surface area (Å²) in [5.74, 6) is 0. The molecule has 1 nitrogen and oxygen atoms in total. The van der Waals surface area contributed by atoms with Crippen molar-refractivity contribution in [2.45, 2.75) is 12.6 Å². The van der Waals surface area contributed by atoms with Crippen LogP contribution in [0.2, 0.25) is 0 Å². The maximum Gasteiger partial charge on any atom is 0.395 e. The van der Waals surface area contributed by atoms with Crippen molar-refractivity contribution in [3.8, 4) is 0 Å². The van der Waals surface area contributed by atoms with Gasteiger partial charge in [-0.3, -0.25) is 0 Å². The monoisotopic (exact) mass is 347 g/mol. The maximum atomic E-state index is 11.9. The normalized spacial score (nSPS) is 13.0. The minimum atomic E-state index is -4.32. The Kier molecular flexibility index (Phi) is 4.39. The Hall–Kier alpha value is -0.300. The van der Waals surface area contributed by atoms with Crippen molar-refractivity contribution in [2.75, 3.05) is 0 Å². The quantitative estimate of drug-likeness (QED) is 0.551. The van der Waals surface area contributed by atoms with Gasteiger partial charge in [-0.15, -0.1) is 0 Å². The number of aliphatic imine (C=N–C) groups is 1. The first-order valence-electron chi connectivity index (χ1n) is 3.93. The third-order valence-electron chi connectivity index (χ3n) is 1.44. The molecular weight excluding hydrogens is 341 g/mol. The van der Waals surface area contributed by atoms with Gasteiger partial charge in [0.15, 0.2) is 0 Å². The van der Waals surface area contributed by atoms with Gasteiger partial charge in [0.1, 0.15) is 5.17 Å². The Morgan fingerprint density at radius 2 is 1.93 bits per heavy atom. The summed E-state index contributed by atoms with van der Waals surface area (Å²) in [7, 11) is 0. The van der Waals surface area contributed by atoms with E-state index in [1.54, 1.807) is 24.3 Å². The van der Waals surface area contributed by atoms with Crippen molar-refractivity contribution in [3.63, 3.8) is 0 Å². The molecule has 0 radical (unpaired) electrons. The average Bonchev–Trinajstić information content (AvgIpc) is 2.05. The lowest BCUT2D eigenvalue weighted by Crippen LogP contribution is -2.10. The number of para-hydroxylation sites is 1. The van der Waals surface area contributed by atoms with Crippen LogP contribution in [0.5, 0.6) is 0 Å². The van der Waals surface area contributed by atoms with E-state index < -0.39 is 17.8 Å². The average molecular weight is 348 g/mol. The molecule has 0 amide bonds. The first kappa shape index (κ1) is 12.8. The summed E-state index contributed by atoms with van der Waals surface area (Å²) in [4.78, 5) is 3.70. The lowest BCUT2D eigenvalue weighted by Gasteiger charge is -2.04. The van der Waals surface area contributed by atoms with Crippen LogP contribution in [-0.2, 0) is 0 Å². The van der Waals surface area contributed by atoms with E-state index in [-0.39, 0.29) is 0 Å². The third kappa shape index (κ3) is 4.83. The fourth-order valence-electron chi connectivity index (χ4n) is 0.878. The van der Waals surface area contributed by atoms with E-state index in [9.17, 15) is 13.2 Å². The van der Waals surface area contributed by atoms with Crippen molar-refractivity contribution in [1.82, 2.24) is 0 Å². The Bertz CT molecular complexity index is 376. The van der Waals surface area contributed by atoms with E-state index in [0.717, 1.165) is 3.57 Å². The van der Waals surface area contributed by atoms with E-state index in [2.05, 4.69) is 4.99 Å². The van der Waals surface area contributed by atoms with Gasteiger partial charge >= 0.3 is 6.18 Å². The maximum absolute atomic E-state index is 11.9. The molecular formula is C9H6ClF3IN. The molecule has 0 aliphatic rings. The molecule has 0 aliphatic heterocycles. The van der Waals surface area contributed by atoms with Crippen LogP contribution >= 0.6 is 34.2 Å². The van der Waals surface area contributed by atoms with Crippen molar-refractivity contribution in [3.05, 3.63) is 27.8 Å². The highest BCUT2D eigenvalue weighted by atomic mass is 127. The lowest BCUT2D eigenvalue weighted by atomic mass is 10.3. The van der Waals surface area contributed by atoms with Crippen LogP contribution < -0.4 is 0 Å². The first-order valence-corrected chi connectivity index (χ1v) is 5.38. The molecule has 0 unspecified atom stereocenters. The number of hydrogen-bond acceptors (Lipinski definition) is 1. The third-order valence-corrected chi connectivity index (χ3v) is 2.57. The molecule has 0 aromatic heterocycles. The van der Waals surface area contributed by atoms with Crippen LogP contribution in [0.1, 0.15) is 6.42 Å². The van der Waals surface area contributed by atoms with Crippen molar-refractivity contribution in [2.24, 2.45) is 4.99 Å². The van der Waals surface area contributed by atoms with Gasteiger partial charge in [-0.2, -0.15) is 13.2 Å². The summed E-state index contributed by atoms with van der Waals surface area (Å²) in [5.41, 5.74) is 0.451. The highest BCUT2D eigenvalue weighted by Crippen LogP contribution is 2.25. The first-order chi connectivity index (χ1) is 6.88. The predicted molar refractivity (Wildman–Crippen MR) is 62.8 cm³/mol. The molecule has 0 bridgehead atoms. The predicted octanol–water partition coefficient (Wildman–Crippen LogP) is 4.51. The number of rotatable bonds is 2. The van der Waals surface area contributed by atoms with Gasteiger partial charge in [0.25, 0.3) is 0 Å². The van der Waals surface area contributed by atoms with E-state index >= 15 is 0 Å². The van der Waals surface area contributed by atoms with E-state index in [4.69, 9.17) is 11.6 Å². The number of hydrogen-bond donors (Lipinski definition) is 0. The van der Waals surface area contributed by atoms with Crippen LogP contribution in [-0.4, -0.2) is 11.3 Å². The Balaban J connectivity index is 2.84. The van der Waals surface area contributed by atoms with Crippen LogP contribution in [0, 0.1) is 3.57 Å². The molecule has 0 atom stereocenters. The Morgan fingerprint density at radius 1 is 1.33 bits per heavy atom. The largest absolute Gasteiger partial charge is 0.395 e. The van der Waals surface area contributed by atoms with Crippen molar-refractivity contribution >= 4 is 45.1 Å². The second kappa shape index (κ2) is 5.16. The molecule has 0 saturated heterocycles. The van der Waals surface area contributed by atoms with Gasteiger partial charge < -0.3 is 0 Å². The highest BCUT2D eigenvalue weighted by molar-refractivity contribution is 14.1. The molecule has 0 aliphatic carbocycles. The van der Waals surface area contributed by atoms with Gasteiger partial charge in [-0.1, -0.05) is 23.7 Å². The second-order valence-electron chi connectivity index (χ2n) is 2.73. The molecule has 0 heterocycles. The molecule has 0 spiro atoms. The zero-order valence-electron chi connectivity index (χ0n) is 7.35. The molecule has 82 valence electrons. The topological polar surface area (TPSA) is 12.4 Å². The van der Waals surface area contributed by atoms with Gasteiger partial charge in [0.2, 0.25) is 0 Å². The Morgan fingerprint density at radius 3 is 2.47 bits per heavy atom. The Labute approximate surface area is 103 Å². The minimum absolute atomic E-state index is 0.451. The summed E-state index contributed by atoms with van der Waals surface area (Å²) in [6.07, 6.45) is -5.51. The summed E-state index contributed by atoms with van der Waals surface area (Å²) in [5, 5.41) is -0.452. The number of halogens is 5. The van der Waals surface area contributed by atoms with Crippen LogP contribution in [0.15, 0.2) is 29.3 Å². The molecule has 15 heavy (non-hydrogen) atoms. The molecule has 1 aromatic rings. The van der Waals surface area contributed by atoms with Gasteiger partial charge in [-0.25, -0.2) is 4.99 Å². The number of alkyl halides is 3. The minimum Gasteiger partial charge on any atom is -0.240 e. The number of benzene rings is 1. The molecule has 1 rings (SSSR count). The zero-order chi connectivity index (χ0) is 11.5. The van der Waals surface area contributed by atoms with Gasteiger partial charge in [0.05, 0.1) is 12.1 Å². The zero-order valence-corrected chi connectivity index (χ0v) is 10.3. The molecule has 0 N–H and O–H groups in total. The van der Waals surface area contributed by atoms with E-state index in [1.165, 1.54) is 0 Å². The van der Waals surface area contributed by atoms with Crippen molar-refractivity contribution in [1.29, 1.82) is 0 Å². The summed E-state index contributed by atoms with van der Waals surface area (Å²) < 4.78 is 36.6. The molecule has 0 fully saturated rings. The van der Waals surface area contributed by atoms with E-state index in [1.807, 2.05) is 22.6 Å². The van der Waals surface area contributed by atoms with Crippen LogP contribution in [0.25, 0.3) is 0 Å². The SMILES string of the molecule is FC(F)(F)CC(Cl)=Nc1ccccc1I. The molecule has 1 aromatic carbocycles. The van der Waals surface area contributed by atoms with E-state index in [0.29, 0.717) is 5.69 Å². The second-order valence-corrected chi connectivity index (χ2v) is 4.33. The lowest BCUT2D eigenvalue weighted by molar-refractivity contribution is -0.120. The van der Waals surface area contributed by atoms with Crippen LogP contribution in [0.4, 0.5) is 18.9 Å². The fourth-order valence-corrected chi connectivity index (χ4v) is 1.63. The summed E-state index contributed by atoms with van der Waals surface area (Å²) in [6, 6.07) is 6.83. The summed E-state index contributed by atoms with van der Waals surface area (Å²) in [6.45, 7) is 0.